The van der Waals surface area contributed by atoms with Gasteiger partial charge in [-0.05, 0) is 72.2 Å². The van der Waals surface area contributed by atoms with Crippen LogP contribution in [-0.2, 0) is 32.2 Å². The highest BCUT2D eigenvalue weighted by atomic mass is 16.7. The largest absolute Gasteiger partial charge is 0.395 e. The smallest absolute Gasteiger partial charge is 0.243 e. The summed E-state index contributed by atoms with van der Waals surface area (Å²) in [6, 6.07) is 24.3. The van der Waals surface area contributed by atoms with Gasteiger partial charge in [0.05, 0.1) is 25.4 Å². The number of nitrogens with zero attached hydrogens (tertiary/aromatic N) is 1. The molecule has 10 nitrogen and oxygen atoms in total. The number of likely N-dealkylation sites (tertiary alicyclic amines) is 1. The Morgan fingerprint density at radius 1 is 0.830 bits per heavy atom. The number of hydrogen-bond acceptors (Lipinski definition) is 8. The summed E-state index contributed by atoms with van der Waals surface area (Å²) in [4.78, 5) is 25.8. The Labute approximate surface area is 276 Å². The van der Waals surface area contributed by atoms with Crippen LogP contribution in [0.1, 0.15) is 86.0 Å². The van der Waals surface area contributed by atoms with E-state index in [0.29, 0.717) is 32.2 Å². The summed E-state index contributed by atoms with van der Waals surface area (Å²) in [5.74, 6) is -0.448. The van der Waals surface area contributed by atoms with Crippen LogP contribution in [0.2, 0.25) is 0 Å². The zero-order valence-corrected chi connectivity index (χ0v) is 26.9. The maximum atomic E-state index is 12.4. The first kappa shape index (κ1) is 34.7. The highest BCUT2D eigenvalue weighted by molar-refractivity contribution is 5.76. The molecule has 2 aliphatic rings. The molecule has 252 valence electrons. The first-order chi connectivity index (χ1) is 22.9. The Kier molecular flexibility index (Phi) is 12.9. The molecule has 5 N–H and O–H groups in total. The van der Waals surface area contributed by atoms with Crippen molar-refractivity contribution >= 4 is 11.8 Å². The lowest BCUT2D eigenvalue weighted by Gasteiger charge is -2.38. The van der Waals surface area contributed by atoms with Gasteiger partial charge in [-0.2, -0.15) is 0 Å². The Morgan fingerprint density at radius 3 is 2.32 bits per heavy atom. The molecule has 0 aromatic heterocycles. The summed E-state index contributed by atoms with van der Waals surface area (Å²) >= 11 is 0. The monoisotopic (exact) mass is 645 g/mol. The molecular weight excluding hydrogens is 598 g/mol. The van der Waals surface area contributed by atoms with Crippen LogP contribution in [0, 0.1) is 0 Å². The molecule has 3 aromatic carbocycles. The first-order valence-corrected chi connectivity index (χ1v) is 16.7. The number of hydrogen-bond donors (Lipinski definition) is 5. The van der Waals surface area contributed by atoms with E-state index in [1.807, 2.05) is 54.6 Å². The molecule has 0 saturated carbocycles. The quantitative estimate of drug-likeness (QED) is 0.0892. The molecule has 2 amide bonds. The molecule has 0 bridgehead atoms. The normalized spacial score (nSPS) is 21.4. The molecule has 0 radical (unpaired) electrons. The minimum atomic E-state index is -0.577. The van der Waals surface area contributed by atoms with E-state index in [9.17, 15) is 19.8 Å². The predicted octanol–water partition coefficient (Wildman–Crippen LogP) is 4.92. The van der Waals surface area contributed by atoms with Crippen LogP contribution < -0.4 is 10.8 Å². The fraction of sp³-hybridized carbons (Fsp3) is 0.459. The van der Waals surface area contributed by atoms with E-state index in [0.717, 1.165) is 65.7 Å². The molecule has 10 heteroatoms. The van der Waals surface area contributed by atoms with Crippen molar-refractivity contribution in [3.05, 3.63) is 95.1 Å². The van der Waals surface area contributed by atoms with Crippen molar-refractivity contribution in [2.75, 3.05) is 19.7 Å². The number of aliphatic hydroxyl groups is 2. The van der Waals surface area contributed by atoms with Gasteiger partial charge in [0, 0.05) is 44.0 Å². The molecule has 0 unspecified atom stereocenters. The number of hydroxylamine groups is 1. The van der Waals surface area contributed by atoms with Crippen molar-refractivity contribution in [2.24, 2.45) is 0 Å². The second-order valence-electron chi connectivity index (χ2n) is 12.5. The van der Waals surface area contributed by atoms with E-state index < -0.39 is 12.2 Å². The van der Waals surface area contributed by atoms with E-state index in [2.05, 4.69) is 28.4 Å². The molecule has 47 heavy (non-hydrogen) atoms. The fourth-order valence-corrected chi connectivity index (χ4v) is 6.46. The number of carbonyl (C=O) groups is 2. The minimum Gasteiger partial charge on any atom is -0.395 e. The second-order valence-corrected chi connectivity index (χ2v) is 12.5. The number of carbonyl (C=O) groups excluding carboxylic acids is 2. The standard InChI is InChI=1S/C37H47N3O7/c41-24-26-14-16-28(17-15-26)34-21-33(23-40-18-6-11-32(40)25-42)46-37(47-34)31-10-5-9-30(20-31)29-8-4-7-27(19-29)22-38-35(43)12-2-1-3-13-36(44)39-45/h4-5,7-10,14-17,19-20,32-34,37,41-42,45H,1-3,6,11-13,18,21-25H2,(H,38,43)(H,39,44)/t32-,33-,34+,37+/m0/s1. The van der Waals surface area contributed by atoms with Crippen molar-refractivity contribution in [1.82, 2.24) is 15.7 Å². The molecule has 2 saturated heterocycles. The van der Waals surface area contributed by atoms with Crippen LogP contribution in [0.4, 0.5) is 0 Å². The second kappa shape index (κ2) is 17.5. The zero-order chi connectivity index (χ0) is 33.0. The third-order valence-electron chi connectivity index (χ3n) is 9.10. The van der Waals surface area contributed by atoms with Gasteiger partial charge in [0.25, 0.3) is 0 Å². The van der Waals surface area contributed by atoms with Crippen molar-refractivity contribution in [3.8, 4) is 11.1 Å². The van der Waals surface area contributed by atoms with Gasteiger partial charge >= 0.3 is 0 Å². The van der Waals surface area contributed by atoms with E-state index in [-0.39, 0.29) is 43.8 Å². The van der Waals surface area contributed by atoms with Gasteiger partial charge in [-0.15, -0.1) is 0 Å². The highest BCUT2D eigenvalue weighted by Crippen LogP contribution is 2.39. The van der Waals surface area contributed by atoms with Crippen LogP contribution in [0.5, 0.6) is 0 Å². The molecule has 5 rings (SSSR count). The minimum absolute atomic E-state index is 0.00686. The van der Waals surface area contributed by atoms with Crippen LogP contribution in [-0.4, -0.2) is 64.0 Å². The predicted molar refractivity (Wildman–Crippen MR) is 177 cm³/mol. The van der Waals surface area contributed by atoms with Gasteiger partial charge in [-0.1, -0.05) is 67.1 Å². The fourth-order valence-electron chi connectivity index (χ4n) is 6.46. The molecule has 0 spiro atoms. The number of aliphatic hydroxyl groups excluding tert-OH is 2. The number of rotatable bonds is 15. The van der Waals surface area contributed by atoms with E-state index in [4.69, 9.17) is 14.7 Å². The topological polar surface area (TPSA) is 141 Å². The van der Waals surface area contributed by atoms with Gasteiger partial charge in [0.2, 0.25) is 11.8 Å². The van der Waals surface area contributed by atoms with Crippen molar-refractivity contribution in [3.63, 3.8) is 0 Å². The van der Waals surface area contributed by atoms with Gasteiger partial charge in [-0.25, -0.2) is 5.48 Å². The van der Waals surface area contributed by atoms with Gasteiger partial charge in [-0.3, -0.25) is 19.7 Å². The maximum absolute atomic E-state index is 12.4. The number of ether oxygens (including phenoxy) is 2. The zero-order valence-electron chi connectivity index (χ0n) is 26.9. The Hall–Kier alpha value is -3.64. The third kappa shape index (κ3) is 9.93. The summed E-state index contributed by atoms with van der Waals surface area (Å²) in [6.07, 6.45) is 4.58. The lowest BCUT2D eigenvalue weighted by atomic mass is 9.98. The maximum Gasteiger partial charge on any atom is 0.243 e. The number of amides is 2. The molecule has 2 fully saturated rings. The number of unbranched alkanes of at least 4 members (excludes halogenated alkanes) is 2. The van der Waals surface area contributed by atoms with Crippen LogP contribution in [0.3, 0.4) is 0 Å². The number of benzene rings is 3. The summed E-state index contributed by atoms with van der Waals surface area (Å²) in [6.45, 7) is 2.23. The SMILES string of the molecule is O=C(CCCCCC(=O)NCc1cccc(-c2cccc([C@@H]3O[C@H](CN4CCC[C@H]4CO)C[C@H](c4ccc(CO)cc4)O3)c2)c1)NO. The average molecular weight is 646 g/mol. The Bertz CT molecular complexity index is 1450. The van der Waals surface area contributed by atoms with Gasteiger partial charge < -0.3 is 25.0 Å². The lowest BCUT2D eigenvalue weighted by Crippen LogP contribution is -2.42. The van der Waals surface area contributed by atoms with Crippen molar-refractivity contribution in [1.29, 1.82) is 0 Å². The highest BCUT2D eigenvalue weighted by Gasteiger charge is 2.35. The van der Waals surface area contributed by atoms with Crippen LogP contribution >= 0.6 is 0 Å². The summed E-state index contributed by atoms with van der Waals surface area (Å²) < 4.78 is 13.2. The van der Waals surface area contributed by atoms with E-state index in [1.165, 1.54) is 0 Å². The summed E-state index contributed by atoms with van der Waals surface area (Å²) in [7, 11) is 0. The van der Waals surface area contributed by atoms with Crippen LogP contribution in [0.25, 0.3) is 11.1 Å². The van der Waals surface area contributed by atoms with Crippen molar-refractivity contribution < 1.29 is 34.5 Å². The molecule has 0 aliphatic carbocycles. The van der Waals surface area contributed by atoms with Crippen LogP contribution in [0.15, 0.2) is 72.8 Å². The third-order valence-corrected chi connectivity index (χ3v) is 9.10. The van der Waals surface area contributed by atoms with Gasteiger partial charge in [0.15, 0.2) is 6.29 Å². The summed E-state index contributed by atoms with van der Waals surface area (Å²) in [5, 5.41) is 31.0. The van der Waals surface area contributed by atoms with Crippen molar-refractivity contribution in [2.45, 2.75) is 89.1 Å². The lowest BCUT2D eigenvalue weighted by molar-refractivity contribution is -0.253. The Balaban J connectivity index is 1.24. The molecule has 2 heterocycles. The molecular formula is C37H47N3O7. The van der Waals surface area contributed by atoms with E-state index >= 15 is 0 Å². The Morgan fingerprint density at radius 2 is 1.57 bits per heavy atom. The molecule has 2 aliphatic heterocycles. The first-order valence-electron chi connectivity index (χ1n) is 16.7. The molecule has 4 atom stereocenters. The van der Waals surface area contributed by atoms with E-state index in [1.54, 1.807) is 5.48 Å². The number of nitrogens with one attached hydrogen (secondary N) is 2. The average Bonchev–Trinajstić information content (AvgIpc) is 3.57. The van der Waals surface area contributed by atoms with Gasteiger partial charge in [0.1, 0.15) is 0 Å². The molecule has 3 aromatic rings. The summed E-state index contributed by atoms with van der Waals surface area (Å²) in [5.41, 5.74) is 7.46.